The predicted molar refractivity (Wildman–Crippen MR) is 72.7 cm³/mol. The van der Waals surface area contributed by atoms with E-state index in [-0.39, 0.29) is 5.91 Å². The van der Waals surface area contributed by atoms with Crippen LogP contribution in [0.1, 0.15) is 13.8 Å². The van der Waals surface area contributed by atoms with Crippen LogP contribution in [-0.2, 0) is 4.79 Å². The molecule has 18 heavy (non-hydrogen) atoms. The molecule has 1 saturated heterocycles. The first kappa shape index (κ1) is 13.1. The Bertz CT molecular complexity index is 393. The molecule has 1 aliphatic heterocycles. The fraction of sp³-hybridized carbons (Fsp3) is 0.615. The Morgan fingerprint density at radius 2 is 2.06 bits per heavy atom. The fourth-order valence-corrected chi connectivity index (χ4v) is 2.41. The van der Waals surface area contributed by atoms with Gasteiger partial charge in [0.15, 0.2) is 0 Å². The lowest BCUT2D eigenvalue weighted by molar-refractivity contribution is -0.129. The molecule has 0 atom stereocenters. The average molecular weight is 250 g/mol. The Morgan fingerprint density at radius 3 is 2.61 bits per heavy atom. The zero-order chi connectivity index (χ0) is 13.2. The number of nitrogens with zero attached hydrogens (tertiary/aromatic N) is 2. The van der Waals surface area contributed by atoms with Crippen molar-refractivity contribution in [1.82, 2.24) is 15.2 Å². The highest BCUT2D eigenvalue weighted by Gasteiger charge is 2.37. The zero-order valence-corrected chi connectivity index (χ0v) is 11.4. The zero-order valence-electron chi connectivity index (χ0n) is 11.4. The Kier molecular flexibility index (Phi) is 3.73. The second kappa shape index (κ2) is 5.12. The molecule has 0 saturated carbocycles. The van der Waals surface area contributed by atoms with Crippen LogP contribution in [0.3, 0.4) is 0 Å². The van der Waals surface area contributed by atoms with Gasteiger partial charge in [0.1, 0.15) is 0 Å². The van der Waals surface area contributed by atoms with Gasteiger partial charge in [-0.2, -0.15) is 0 Å². The van der Waals surface area contributed by atoms with Crippen LogP contribution >= 0.6 is 0 Å². The number of hydrogen-bond donors (Lipinski definition) is 2. The van der Waals surface area contributed by atoms with E-state index in [1.165, 1.54) is 0 Å². The van der Waals surface area contributed by atoms with Gasteiger partial charge in [0.2, 0.25) is 5.91 Å². The molecule has 1 amide bonds. The van der Waals surface area contributed by atoms with Crippen LogP contribution < -0.4 is 10.2 Å². The van der Waals surface area contributed by atoms with Crippen LogP contribution in [0.2, 0.25) is 0 Å². The second-order valence-corrected chi connectivity index (χ2v) is 5.23. The van der Waals surface area contributed by atoms with Gasteiger partial charge in [0.05, 0.1) is 11.2 Å². The summed E-state index contributed by atoms with van der Waals surface area (Å²) in [5, 5.41) is 3.31. The maximum absolute atomic E-state index is 12.6. The van der Waals surface area contributed by atoms with Gasteiger partial charge in [-0.25, -0.2) is 0 Å². The molecule has 5 nitrogen and oxygen atoms in total. The summed E-state index contributed by atoms with van der Waals surface area (Å²) in [6.07, 6.45) is 3.67. The number of amides is 1. The maximum atomic E-state index is 12.6. The van der Waals surface area contributed by atoms with E-state index in [9.17, 15) is 4.79 Å². The molecule has 5 heteroatoms. The number of aromatic amines is 1. The SMILES string of the molecule is CN(C(=O)C(C)(C)N1CCNCC1)c1cc[nH]c1. The number of carbonyl (C=O) groups is 1. The molecule has 1 aromatic heterocycles. The van der Waals surface area contributed by atoms with Crippen LogP contribution in [0.4, 0.5) is 5.69 Å². The molecule has 0 bridgehead atoms. The van der Waals surface area contributed by atoms with E-state index in [4.69, 9.17) is 0 Å². The van der Waals surface area contributed by atoms with Crippen LogP contribution in [0, 0.1) is 0 Å². The third-order valence-corrected chi connectivity index (χ3v) is 3.70. The third kappa shape index (κ3) is 2.42. The molecule has 1 aliphatic rings. The summed E-state index contributed by atoms with van der Waals surface area (Å²) in [4.78, 5) is 19.6. The Hall–Kier alpha value is -1.33. The second-order valence-electron chi connectivity index (χ2n) is 5.23. The van der Waals surface area contributed by atoms with E-state index in [0.717, 1.165) is 31.9 Å². The monoisotopic (exact) mass is 250 g/mol. The van der Waals surface area contributed by atoms with Crippen molar-refractivity contribution < 1.29 is 4.79 Å². The highest BCUT2D eigenvalue weighted by Crippen LogP contribution is 2.21. The largest absolute Gasteiger partial charge is 0.366 e. The maximum Gasteiger partial charge on any atom is 0.246 e. The van der Waals surface area contributed by atoms with Crippen LogP contribution in [-0.4, -0.2) is 54.6 Å². The summed E-state index contributed by atoms with van der Waals surface area (Å²) in [6.45, 7) is 7.74. The van der Waals surface area contributed by atoms with E-state index < -0.39 is 5.54 Å². The molecule has 1 fully saturated rings. The Balaban J connectivity index is 2.11. The number of nitrogens with one attached hydrogen (secondary N) is 2. The third-order valence-electron chi connectivity index (χ3n) is 3.70. The molecule has 0 spiro atoms. The molecule has 0 aromatic carbocycles. The number of rotatable bonds is 3. The van der Waals surface area contributed by atoms with Gasteiger partial charge in [-0.05, 0) is 19.9 Å². The fourth-order valence-electron chi connectivity index (χ4n) is 2.41. The molecular formula is C13H22N4O. The first-order valence-electron chi connectivity index (χ1n) is 6.40. The Morgan fingerprint density at radius 1 is 1.39 bits per heavy atom. The van der Waals surface area contributed by atoms with E-state index in [2.05, 4.69) is 15.2 Å². The minimum absolute atomic E-state index is 0.129. The number of aromatic nitrogens is 1. The average Bonchev–Trinajstić information content (AvgIpc) is 2.92. The molecule has 0 unspecified atom stereocenters. The van der Waals surface area contributed by atoms with Crippen molar-refractivity contribution in [3.8, 4) is 0 Å². The van der Waals surface area contributed by atoms with Gasteiger partial charge in [0.25, 0.3) is 0 Å². The summed E-state index contributed by atoms with van der Waals surface area (Å²) < 4.78 is 0. The number of likely N-dealkylation sites (N-methyl/N-ethyl adjacent to an activating group) is 1. The molecule has 0 aliphatic carbocycles. The highest BCUT2D eigenvalue weighted by atomic mass is 16.2. The van der Waals surface area contributed by atoms with Gasteiger partial charge in [-0.3, -0.25) is 9.69 Å². The van der Waals surface area contributed by atoms with Crippen molar-refractivity contribution in [1.29, 1.82) is 0 Å². The normalized spacial score (nSPS) is 17.7. The molecule has 0 radical (unpaired) electrons. The minimum atomic E-state index is -0.464. The molecule has 1 aromatic rings. The molecular weight excluding hydrogens is 228 g/mol. The van der Waals surface area contributed by atoms with E-state index in [0.29, 0.717) is 0 Å². The lowest BCUT2D eigenvalue weighted by Gasteiger charge is -2.41. The summed E-state index contributed by atoms with van der Waals surface area (Å²) in [5.74, 6) is 0.129. The lowest BCUT2D eigenvalue weighted by atomic mass is 9.99. The number of piperazine rings is 1. The number of hydrogen-bond acceptors (Lipinski definition) is 3. The van der Waals surface area contributed by atoms with Crippen molar-refractivity contribution in [3.05, 3.63) is 18.5 Å². The number of anilines is 1. The molecule has 2 N–H and O–H groups in total. The molecule has 2 heterocycles. The van der Waals surface area contributed by atoms with Gasteiger partial charge in [-0.15, -0.1) is 0 Å². The predicted octanol–water partition coefficient (Wildman–Crippen LogP) is 0.661. The smallest absolute Gasteiger partial charge is 0.246 e. The number of H-pyrrole nitrogens is 1. The topological polar surface area (TPSA) is 51.4 Å². The van der Waals surface area contributed by atoms with Crippen molar-refractivity contribution >= 4 is 11.6 Å². The van der Waals surface area contributed by atoms with Crippen molar-refractivity contribution in [3.63, 3.8) is 0 Å². The lowest BCUT2D eigenvalue weighted by Crippen LogP contribution is -2.60. The first-order chi connectivity index (χ1) is 8.53. The summed E-state index contributed by atoms with van der Waals surface area (Å²) in [7, 11) is 1.83. The van der Waals surface area contributed by atoms with Crippen molar-refractivity contribution in [2.75, 3.05) is 38.1 Å². The van der Waals surface area contributed by atoms with Gasteiger partial charge < -0.3 is 15.2 Å². The Labute approximate surface area is 108 Å². The van der Waals surface area contributed by atoms with E-state index in [1.54, 1.807) is 4.90 Å². The molecule has 100 valence electrons. The minimum Gasteiger partial charge on any atom is -0.366 e. The van der Waals surface area contributed by atoms with Crippen molar-refractivity contribution in [2.24, 2.45) is 0 Å². The summed E-state index contributed by atoms with van der Waals surface area (Å²) in [6, 6.07) is 1.91. The van der Waals surface area contributed by atoms with Gasteiger partial charge in [0, 0.05) is 45.6 Å². The van der Waals surface area contributed by atoms with E-state index >= 15 is 0 Å². The summed E-state index contributed by atoms with van der Waals surface area (Å²) in [5.41, 5.74) is 0.442. The van der Waals surface area contributed by atoms with Crippen LogP contribution in [0.25, 0.3) is 0 Å². The van der Waals surface area contributed by atoms with E-state index in [1.807, 2.05) is 39.4 Å². The highest BCUT2D eigenvalue weighted by molar-refractivity contribution is 5.99. The molecule has 2 rings (SSSR count). The van der Waals surface area contributed by atoms with Gasteiger partial charge >= 0.3 is 0 Å². The van der Waals surface area contributed by atoms with Crippen LogP contribution in [0.15, 0.2) is 18.5 Å². The van der Waals surface area contributed by atoms with Gasteiger partial charge in [-0.1, -0.05) is 0 Å². The first-order valence-corrected chi connectivity index (χ1v) is 6.40. The van der Waals surface area contributed by atoms with Crippen LogP contribution in [0.5, 0.6) is 0 Å². The van der Waals surface area contributed by atoms with Crippen molar-refractivity contribution in [2.45, 2.75) is 19.4 Å². The summed E-state index contributed by atoms with van der Waals surface area (Å²) >= 11 is 0. The number of carbonyl (C=O) groups excluding carboxylic acids is 1. The quantitative estimate of drug-likeness (QED) is 0.828. The standard InChI is InChI=1S/C13H22N4O/c1-13(2,17-8-6-14-7-9-17)12(18)16(3)11-4-5-15-10-11/h4-5,10,14-15H,6-9H2,1-3H3.